The van der Waals surface area contributed by atoms with Gasteiger partial charge in [-0.1, -0.05) is 23.4 Å². The molecule has 0 aliphatic rings. The topological polar surface area (TPSA) is 93.0 Å². The van der Waals surface area contributed by atoms with Crippen LogP contribution in [0, 0.1) is 6.92 Å². The Kier molecular flexibility index (Phi) is 6.41. The summed E-state index contributed by atoms with van der Waals surface area (Å²) in [6.45, 7) is 4.02. The van der Waals surface area contributed by atoms with Gasteiger partial charge in [0.25, 0.3) is 0 Å². The van der Waals surface area contributed by atoms with Gasteiger partial charge >= 0.3 is 0 Å². The Morgan fingerprint density at radius 3 is 3.04 bits per heavy atom. The molecule has 1 amide bonds. The summed E-state index contributed by atoms with van der Waals surface area (Å²) in [5.74, 6) is 2.08. The van der Waals surface area contributed by atoms with Crippen LogP contribution in [0.3, 0.4) is 0 Å². The second-order valence-electron chi connectivity index (χ2n) is 5.86. The fourth-order valence-electron chi connectivity index (χ4n) is 2.29. The predicted octanol–water partition coefficient (Wildman–Crippen LogP) is 3.91. The van der Waals surface area contributed by atoms with Gasteiger partial charge in [0.2, 0.25) is 11.1 Å². The van der Waals surface area contributed by atoms with Crippen LogP contribution in [0.1, 0.15) is 30.1 Å². The molecule has 1 atom stereocenters. The number of carbonyl (C=O) groups excluding carboxylic acids is 1. The van der Waals surface area contributed by atoms with E-state index >= 15 is 0 Å². The Balaban J connectivity index is 1.44. The van der Waals surface area contributed by atoms with Crippen molar-refractivity contribution in [2.45, 2.75) is 31.7 Å². The number of aromatic nitrogens is 3. The van der Waals surface area contributed by atoms with E-state index in [0.717, 1.165) is 5.56 Å². The van der Waals surface area contributed by atoms with E-state index in [-0.39, 0.29) is 24.3 Å². The van der Waals surface area contributed by atoms with E-state index in [4.69, 9.17) is 20.8 Å². The van der Waals surface area contributed by atoms with Gasteiger partial charge in [-0.25, -0.2) is 4.98 Å². The van der Waals surface area contributed by atoms with Crippen LogP contribution in [0.4, 0.5) is 0 Å². The van der Waals surface area contributed by atoms with Gasteiger partial charge in [0.1, 0.15) is 18.1 Å². The molecule has 2 N–H and O–H groups in total. The van der Waals surface area contributed by atoms with Gasteiger partial charge in [-0.15, -0.1) is 5.10 Å². The number of furan rings is 1. The lowest BCUT2D eigenvalue weighted by atomic mass is 10.2. The van der Waals surface area contributed by atoms with E-state index < -0.39 is 0 Å². The van der Waals surface area contributed by atoms with Gasteiger partial charge in [0, 0.05) is 5.02 Å². The average molecular weight is 407 g/mol. The summed E-state index contributed by atoms with van der Waals surface area (Å²) < 4.78 is 10.9. The highest BCUT2D eigenvalue weighted by Crippen LogP contribution is 2.22. The number of halogens is 1. The molecule has 0 fully saturated rings. The number of rotatable bonds is 8. The van der Waals surface area contributed by atoms with Gasteiger partial charge in [-0.3, -0.25) is 9.89 Å². The van der Waals surface area contributed by atoms with Crippen molar-refractivity contribution < 1.29 is 13.9 Å². The van der Waals surface area contributed by atoms with Crippen LogP contribution < -0.4 is 10.1 Å². The maximum Gasteiger partial charge on any atom is 0.231 e. The number of hydrogen-bond acceptors (Lipinski definition) is 6. The number of benzene rings is 1. The van der Waals surface area contributed by atoms with Crippen LogP contribution in [0.15, 0.2) is 46.2 Å². The van der Waals surface area contributed by atoms with Crippen molar-refractivity contribution in [1.82, 2.24) is 20.5 Å². The zero-order valence-electron chi connectivity index (χ0n) is 14.9. The summed E-state index contributed by atoms with van der Waals surface area (Å²) in [7, 11) is 0. The summed E-state index contributed by atoms with van der Waals surface area (Å²) >= 11 is 7.24. The Morgan fingerprint density at radius 2 is 2.30 bits per heavy atom. The molecule has 9 heteroatoms. The Morgan fingerprint density at radius 1 is 1.44 bits per heavy atom. The normalized spacial score (nSPS) is 12.0. The lowest BCUT2D eigenvalue weighted by molar-refractivity contribution is -0.119. The summed E-state index contributed by atoms with van der Waals surface area (Å²) in [5.41, 5.74) is 0.942. The molecule has 1 aromatic carbocycles. The lowest BCUT2D eigenvalue weighted by Crippen LogP contribution is -2.27. The highest BCUT2D eigenvalue weighted by Gasteiger charge is 2.13. The largest absolute Gasteiger partial charge is 0.486 e. The highest BCUT2D eigenvalue weighted by atomic mass is 35.5. The number of thioether (sulfide) groups is 1. The summed E-state index contributed by atoms with van der Waals surface area (Å²) in [4.78, 5) is 16.3. The molecule has 27 heavy (non-hydrogen) atoms. The monoisotopic (exact) mass is 406 g/mol. The van der Waals surface area contributed by atoms with Crippen molar-refractivity contribution in [1.29, 1.82) is 0 Å². The van der Waals surface area contributed by atoms with Crippen LogP contribution in [0.5, 0.6) is 5.75 Å². The highest BCUT2D eigenvalue weighted by molar-refractivity contribution is 7.99. The second-order valence-corrected chi connectivity index (χ2v) is 7.21. The van der Waals surface area contributed by atoms with Gasteiger partial charge in [0.15, 0.2) is 5.82 Å². The van der Waals surface area contributed by atoms with Gasteiger partial charge in [0.05, 0.1) is 18.1 Å². The fraction of sp³-hybridized carbons (Fsp3) is 0.278. The van der Waals surface area contributed by atoms with E-state index in [2.05, 4.69) is 20.5 Å². The first kappa shape index (κ1) is 19.3. The quantitative estimate of drug-likeness (QED) is 0.551. The number of H-pyrrole nitrogens is 1. The number of nitrogens with one attached hydrogen (secondary N) is 2. The Hall–Kier alpha value is -2.45. The fourth-order valence-corrected chi connectivity index (χ4v) is 3.03. The van der Waals surface area contributed by atoms with E-state index in [1.165, 1.54) is 11.8 Å². The van der Waals surface area contributed by atoms with Crippen molar-refractivity contribution >= 4 is 29.3 Å². The van der Waals surface area contributed by atoms with Gasteiger partial charge < -0.3 is 14.5 Å². The summed E-state index contributed by atoms with van der Waals surface area (Å²) in [6, 6.07) is 8.87. The van der Waals surface area contributed by atoms with Crippen molar-refractivity contribution in [3.05, 3.63) is 58.8 Å². The SMILES string of the molecule is Cc1cc(OCc2nc(SCC(=O)N[C@@H](C)c3ccco3)n[nH]2)ccc1Cl. The third-order valence-electron chi connectivity index (χ3n) is 3.70. The van der Waals surface area contributed by atoms with Gasteiger partial charge in [-0.2, -0.15) is 0 Å². The second kappa shape index (κ2) is 8.96. The van der Waals surface area contributed by atoms with E-state index in [1.54, 1.807) is 24.5 Å². The predicted molar refractivity (Wildman–Crippen MR) is 103 cm³/mol. The number of carbonyl (C=O) groups is 1. The number of amides is 1. The van der Waals surface area contributed by atoms with E-state index in [0.29, 0.717) is 27.5 Å². The van der Waals surface area contributed by atoms with Crippen LogP contribution >= 0.6 is 23.4 Å². The summed E-state index contributed by atoms with van der Waals surface area (Å²) in [6.07, 6.45) is 1.58. The molecular formula is C18H19ClN4O3S. The molecule has 0 aliphatic carbocycles. The molecule has 0 spiro atoms. The number of hydrogen-bond donors (Lipinski definition) is 2. The lowest BCUT2D eigenvalue weighted by Gasteiger charge is -2.10. The standard InChI is InChI=1S/C18H19ClN4O3S/c1-11-8-13(5-6-14(11)19)26-9-16-21-18(23-22-16)27-10-17(24)20-12(2)15-4-3-7-25-15/h3-8,12H,9-10H2,1-2H3,(H,20,24)(H,21,22,23)/t12-/m0/s1. The van der Waals surface area contributed by atoms with E-state index in [1.807, 2.05) is 26.0 Å². The van der Waals surface area contributed by atoms with Crippen LogP contribution in [-0.2, 0) is 11.4 Å². The van der Waals surface area contributed by atoms with E-state index in [9.17, 15) is 4.79 Å². The Labute approximate surface area is 165 Å². The smallest absolute Gasteiger partial charge is 0.231 e. The van der Waals surface area contributed by atoms with Crippen molar-refractivity contribution in [3.8, 4) is 5.75 Å². The van der Waals surface area contributed by atoms with Crippen molar-refractivity contribution in [3.63, 3.8) is 0 Å². The molecule has 3 rings (SSSR count). The Bertz CT molecular complexity index is 898. The van der Waals surface area contributed by atoms with Crippen LogP contribution in [0.2, 0.25) is 5.02 Å². The van der Waals surface area contributed by atoms with Gasteiger partial charge in [-0.05, 0) is 49.7 Å². The molecule has 7 nitrogen and oxygen atoms in total. The molecule has 2 heterocycles. The van der Waals surface area contributed by atoms with Crippen molar-refractivity contribution in [2.24, 2.45) is 0 Å². The minimum Gasteiger partial charge on any atom is -0.486 e. The first-order valence-electron chi connectivity index (χ1n) is 8.27. The molecule has 3 aromatic rings. The number of aromatic amines is 1. The molecule has 0 saturated heterocycles. The number of ether oxygens (including phenoxy) is 1. The maximum atomic E-state index is 12.0. The molecule has 0 unspecified atom stereocenters. The molecule has 0 saturated carbocycles. The number of nitrogens with zero attached hydrogens (tertiary/aromatic N) is 2. The van der Waals surface area contributed by atoms with Crippen LogP contribution in [0.25, 0.3) is 0 Å². The molecule has 0 aliphatic heterocycles. The summed E-state index contributed by atoms with van der Waals surface area (Å²) in [5, 5.41) is 10.9. The maximum absolute atomic E-state index is 12.0. The molecule has 2 aromatic heterocycles. The molecule has 142 valence electrons. The molecular weight excluding hydrogens is 388 g/mol. The third-order valence-corrected chi connectivity index (χ3v) is 4.97. The minimum atomic E-state index is -0.188. The zero-order chi connectivity index (χ0) is 19.2. The van der Waals surface area contributed by atoms with Crippen molar-refractivity contribution in [2.75, 3.05) is 5.75 Å². The zero-order valence-corrected chi connectivity index (χ0v) is 16.4. The number of aryl methyl sites for hydroxylation is 1. The average Bonchev–Trinajstić information content (AvgIpc) is 3.33. The first-order chi connectivity index (χ1) is 13.0. The molecule has 0 radical (unpaired) electrons. The first-order valence-corrected chi connectivity index (χ1v) is 9.63. The molecule has 0 bridgehead atoms. The minimum absolute atomic E-state index is 0.122. The third kappa shape index (κ3) is 5.51. The van der Waals surface area contributed by atoms with Crippen LogP contribution in [-0.4, -0.2) is 26.8 Å².